The molecule has 1 atom stereocenters. The zero-order chi connectivity index (χ0) is 12.3. The van der Waals surface area contributed by atoms with Crippen molar-refractivity contribution in [1.29, 1.82) is 0 Å². The second-order valence-electron chi connectivity index (χ2n) is 4.37. The molecule has 0 aliphatic carbocycles. The highest BCUT2D eigenvalue weighted by atomic mass is 16.5. The first-order valence-corrected chi connectivity index (χ1v) is 5.83. The molecule has 4 heteroatoms. The summed E-state index contributed by atoms with van der Waals surface area (Å²) >= 11 is 0. The lowest BCUT2D eigenvalue weighted by molar-refractivity contribution is 0.0587. The molecule has 1 fully saturated rings. The van der Waals surface area contributed by atoms with Crippen molar-refractivity contribution < 1.29 is 14.6 Å². The molecule has 92 valence electrons. The molecule has 1 aromatic carbocycles. The van der Waals surface area contributed by atoms with E-state index in [0.717, 1.165) is 19.4 Å². The van der Waals surface area contributed by atoms with E-state index in [9.17, 15) is 4.79 Å². The van der Waals surface area contributed by atoms with Crippen molar-refractivity contribution in [3.05, 3.63) is 29.8 Å². The molecule has 1 unspecified atom stereocenters. The van der Waals surface area contributed by atoms with Gasteiger partial charge in [0.2, 0.25) is 0 Å². The molecule has 2 rings (SSSR count). The fraction of sp³-hybridized carbons (Fsp3) is 0.462. The van der Waals surface area contributed by atoms with E-state index < -0.39 is 0 Å². The number of ether oxygens (including phenoxy) is 1. The number of amides is 1. The van der Waals surface area contributed by atoms with E-state index in [-0.39, 0.29) is 17.8 Å². The molecule has 1 heterocycles. The highest BCUT2D eigenvalue weighted by molar-refractivity contribution is 5.94. The zero-order valence-electron chi connectivity index (χ0n) is 9.93. The van der Waals surface area contributed by atoms with Crippen LogP contribution in [0.4, 0.5) is 0 Å². The smallest absolute Gasteiger partial charge is 0.253 e. The van der Waals surface area contributed by atoms with Crippen molar-refractivity contribution >= 4 is 5.91 Å². The van der Waals surface area contributed by atoms with Crippen molar-refractivity contribution in [3.8, 4) is 5.75 Å². The van der Waals surface area contributed by atoms with E-state index in [2.05, 4.69) is 0 Å². The summed E-state index contributed by atoms with van der Waals surface area (Å²) in [5.74, 6) is 0.129. The molecule has 1 amide bonds. The number of nitrogens with zero attached hydrogens (tertiary/aromatic N) is 1. The van der Waals surface area contributed by atoms with Crippen LogP contribution in [-0.4, -0.2) is 42.2 Å². The molecule has 0 spiro atoms. The van der Waals surface area contributed by atoms with E-state index in [1.54, 1.807) is 24.1 Å². The second-order valence-corrected chi connectivity index (χ2v) is 4.37. The van der Waals surface area contributed by atoms with Gasteiger partial charge in [0.25, 0.3) is 5.91 Å². The van der Waals surface area contributed by atoms with Crippen LogP contribution in [0.2, 0.25) is 0 Å². The van der Waals surface area contributed by atoms with Crippen LogP contribution in [-0.2, 0) is 4.74 Å². The van der Waals surface area contributed by atoms with Gasteiger partial charge >= 0.3 is 0 Å². The third-order valence-corrected chi connectivity index (χ3v) is 2.96. The van der Waals surface area contributed by atoms with Gasteiger partial charge < -0.3 is 14.7 Å². The van der Waals surface area contributed by atoms with Crippen LogP contribution in [0.3, 0.4) is 0 Å². The van der Waals surface area contributed by atoms with E-state index in [0.29, 0.717) is 12.1 Å². The van der Waals surface area contributed by atoms with Gasteiger partial charge in [-0.25, -0.2) is 0 Å². The Bertz CT molecular complexity index is 382. The van der Waals surface area contributed by atoms with Crippen LogP contribution in [0, 0.1) is 0 Å². The van der Waals surface area contributed by atoms with Gasteiger partial charge in [0, 0.05) is 25.8 Å². The number of carbonyl (C=O) groups is 1. The number of phenolic OH excluding ortho intramolecular Hbond substituents is 1. The molecular formula is C13H17NO3. The van der Waals surface area contributed by atoms with Gasteiger partial charge in [0.05, 0.1) is 6.10 Å². The van der Waals surface area contributed by atoms with Gasteiger partial charge in [0.15, 0.2) is 0 Å². The number of carbonyl (C=O) groups excluding carboxylic acids is 1. The Balaban J connectivity index is 1.96. The van der Waals surface area contributed by atoms with Gasteiger partial charge in [0.1, 0.15) is 5.75 Å². The monoisotopic (exact) mass is 235 g/mol. The maximum absolute atomic E-state index is 12.0. The predicted octanol–water partition coefficient (Wildman–Crippen LogP) is 1.64. The van der Waals surface area contributed by atoms with E-state index in [1.807, 2.05) is 0 Å². The maximum Gasteiger partial charge on any atom is 0.253 e. The number of likely N-dealkylation sites (N-methyl/N-ethyl adjacent to an activating group) is 1. The number of hydrogen-bond donors (Lipinski definition) is 1. The summed E-state index contributed by atoms with van der Waals surface area (Å²) in [5.41, 5.74) is 0.586. The van der Waals surface area contributed by atoms with Crippen LogP contribution >= 0.6 is 0 Å². The summed E-state index contributed by atoms with van der Waals surface area (Å²) in [6.07, 6.45) is 2.26. The highest BCUT2D eigenvalue weighted by Crippen LogP contribution is 2.15. The first-order chi connectivity index (χ1) is 8.16. The van der Waals surface area contributed by atoms with Crippen molar-refractivity contribution in [2.24, 2.45) is 0 Å². The summed E-state index contributed by atoms with van der Waals surface area (Å²) in [5, 5.41) is 9.16. The summed E-state index contributed by atoms with van der Waals surface area (Å²) in [7, 11) is 1.77. The lowest BCUT2D eigenvalue weighted by atomic mass is 10.1. The molecule has 0 bridgehead atoms. The zero-order valence-corrected chi connectivity index (χ0v) is 9.93. The molecule has 0 saturated carbocycles. The van der Waals surface area contributed by atoms with Crippen LogP contribution in [0.15, 0.2) is 24.3 Å². The van der Waals surface area contributed by atoms with Crippen LogP contribution in [0.5, 0.6) is 5.75 Å². The fourth-order valence-electron chi connectivity index (χ4n) is 2.00. The van der Waals surface area contributed by atoms with Gasteiger partial charge in [-0.2, -0.15) is 0 Å². The maximum atomic E-state index is 12.0. The molecule has 1 aliphatic heterocycles. The topological polar surface area (TPSA) is 49.8 Å². The Hall–Kier alpha value is -1.55. The van der Waals surface area contributed by atoms with E-state index in [1.165, 1.54) is 12.1 Å². The largest absolute Gasteiger partial charge is 0.508 e. The SMILES string of the molecule is CN(CC1CCCO1)C(=O)c1ccc(O)cc1. The van der Waals surface area contributed by atoms with Gasteiger partial charge in [-0.05, 0) is 37.1 Å². The van der Waals surface area contributed by atoms with Crippen molar-refractivity contribution in [1.82, 2.24) is 4.90 Å². The molecule has 0 aromatic heterocycles. The molecule has 1 aromatic rings. The Labute approximate surface area is 101 Å². The summed E-state index contributed by atoms with van der Waals surface area (Å²) in [6, 6.07) is 6.30. The lowest BCUT2D eigenvalue weighted by Gasteiger charge is -2.20. The summed E-state index contributed by atoms with van der Waals surface area (Å²) < 4.78 is 5.49. The standard InChI is InChI=1S/C13H17NO3/c1-14(9-12-3-2-8-17-12)13(16)10-4-6-11(15)7-5-10/h4-7,12,15H,2-3,8-9H2,1H3. The van der Waals surface area contributed by atoms with Crippen LogP contribution in [0.1, 0.15) is 23.2 Å². The first-order valence-electron chi connectivity index (χ1n) is 5.83. The Morgan fingerprint density at radius 3 is 2.76 bits per heavy atom. The normalized spacial score (nSPS) is 19.2. The molecule has 1 N–H and O–H groups in total. The van der Waals surface area contributed by atoms with E-state index in [4.69, 9.17) is 9.84 Å². The molecule has 0 radical (unpaired) electrons. The first kappa shape index (κ1) is 11.9. The average Bonchev–Trinajstić information content (AvgIpc) is 2.82. The molecule has 1 saturated heterocycles. The summed E-state index contributed by atoms with van der Waals surface area (Å²) in [6.45, 7) is 1.42. The number of phenols is 1. The number of benzene rings is 1. The minimum Gasteiger partial charge on any atom is -0.508 e. The predicted molar refractivity (Wildman–Crippen MR) is 64.0 cm³/mol. The Kier molecular flexibility index (Phi) is 3.64. The number of rotatable bonds is 3. The van der Waals surface area contributed by atoms with Gasteiger partial charge in [-0.15, -0.1) is 0 Å². The minimum atomic E-state index is -0.0412. The quantitative estimate of drug-likeness (QED) is 0.866. The Morgan fingerprint density at radius 1 is 1.47 bits per heavy atom. The highest BCUT2D eigenvalue weighted by Gasteiger charge is 2.20. The van der Waals surface area contributed by atoms with Crippen molar-refractivity contribution in [2.45, 2.75) is 18.9 Å². The Morgan fingerprint density at radius 2 is 2.18 bits per heavy atom. The molecular weight excluding hydrogens is 218 g/mol. The van der Waals surface area contributed by atoms with Crippen LogP contribution in [0.25, 0.3) is 0 Å². The van der Waals surface area contributed by atoms with Gasteiger partial charge in [-0.3, -0.25) is 4.79 Å². The van der Waals surface area contributed by atoms with E-state index >= 15 is 0 Å². The molecule has 17 heavy (non-hydrogen) atoms. The number of aromatic hydroxyl groups is 1. The summed E-state index contributed by atoms with van der Waals surface area (Å²) in [4.78, 5) is 13.7. The lowest BCUT2D eigenvalue weighted by Crippen LogP contribution is -2.34. The van der Waals surface area contributed by atoms with Crippen molar-refractivity contribution in [2.75, 3.05) is 20.2 Å². The third kappa shape index (κ3) is 2.97. The minimum absolute atomic E-state index is 0.0412. The average molecular weight is 235 g/mol. The second kappa shape index (κ2) is 5.19. The molecule has 1 aliphatic rings. The fourth-order valence-corrected chi connectivity index (χ4v) is 2.00. The molecule has 4 nitrogen and oxygen atoms in total. The van der Waals surface area contributed by atoms with Gasteiger partial charge in [-0.1, -0.05) is 0 Å². The van der Waals surface area contributed by atoms with Crippen LogP contribution < -0.4 is 0 Å². The number of hydrogen-bond acceptors (Lipinski definition) is 3. The third-order valence-electron chi connectivity index (χ3n) is 2.96. The van der Waals surface area contributed by atoms with Crippen molar-refractivity contribution in [3.63, 3.8) is 0 Å².